The van der Waals surface area contributed by atoms with Gasteiger partial charge in [0.1, 0.15) is 0 Å². The highest BCUT2D eigenvalue weighted by Crippen LogP contribution is 2.27. The molecule has 0 bridgehead atoms. The van der Waals surface area contributed by atoms with Crippen LogP contribution in [0, 0.1) is 0 Å². The lowest BCUT2D eigenvalue weighted by Gasteiger charge is -2.14. The molecule has 0 amide bonds. The molecule has 1 unspecified atom stereocenters. The Bertz CT molecular complexity index is 467. The molecule has 1 aromatic heterocycles. The van der Waals surface area contributed by atoms with E-state index in [1.807, 2.05) is 29.6 Å². The van der Waals surface area contributed by atoms with Crippen molar-refractivity contribution in [3.05, 3.63) is 35.2 Å². The Morgan fingerprint density at radius 2 is 2.06 bits per heavy atom. The average molecular weight is 241 g/mol. The molecule has 1 N–H and O–H groups in total. The number of nitrogens with one attached hydrogen (secondary N) is 1. The summed E-state index contributed by atoms with van der Waals surface area (Å²) in [5.74, 6) is 0. The third-order valence-corrected chi connectivity index (χ3v) is 3.69. The van der Waals surface area contributed by atoms with Crippen molar-refractivity contribution in [1.82, 2.24) is 5.32 Å². The first-order valence-corrected chi connectivity index (χ1v) is 6.01. The van der Waals surface area contributed by atoms with E-state index in [0.29, 0.717) is 6.42 Å². The molecule has 4 heteroatoms. The quantitative estimate of drug-likeness (QED) is 0.866. The van der Waals surface area contributed by atoms with E-state index in [1.54, 1.807) is 18.4 Å². The Kier molecular flexibility index (Phi) is 3.51. The van der Waals surface area contributed by atoms with Crippen molar-refractivity contribution < 1.29 is 8.78 Å². The number of hydrogen-bond acceptors (Lipinski definition) is 2. The molecular formula is C12H13F2NS. The Balaban J connectivity index is 2.27. The molecule has 1 nitrogen and oxygen atoms in total. The molecular weight excluding hydrogens is 228 g/mol. The number of likely N-dealkylation sites (N-methyl/N-ethyl adjacent to an activating group) is 1. The second-order valence-corrected chi connectivity index (χ2v) is 4.60. The van der Waals surface area contributed by atoms with Crippen LogP contribution in [0.3, 0.4) is 0 Å². The van der Waals surface area contributed by atoms with Crippen LogP contribution in [0.4, 0.5) is 8.78 Å². The average Bonchev–Trinajstić information content (AvgIpc) is 2.69. The second kappa shape index (κ2) is 4.89. The molecule has 2 aromatic rings. The zero-order chi connectivity index (χ0) is 11.5. The van der Waals surface area contributed by atoms with E-state index in [9.17, 15) is 8.78 Å². The van der Waals surface area contributed by atoms with Crippen LogP contribution in [0.25, 0.3) is 10.1 Å². The lowest BCUT2D eigenvalue weighted by atomic mass is 10.1. The van der Waals surface area contributed by atoms with Crippen molar-refractivity contribution in [3.8, 4) is 0 Å². The van der Waals surface area contributed by atoms with Crippen LogP contribution in [-0.2, 0) is 6.42 Å². The maximum atomic E-state index is 12.6. The van der Waals surface area contributed by atoms with E-state index in [1.165, 1.54) is 0 Å². The Labute approximate surface area is 97.1 Å². The monoisotopic (exact) mass is 241 g/mol. The van der Waals surface area contributed by atoms with Gasteiger partial charge in [0, 0.05) is 4.70 Å². The topological polar surface area (TPSA) is 12.0 Å². The molecule has 0 saturated heterocycles. The van der Waals surface area contributed by atoms with Crippen LogP contribution in [0.1, 0.15) is 5.56 Å². The lowest BCUT2D eigenvalue weighted by molar-refractivity contribution is 0.102. The van der Waals surface area contributed by atoms with Gasteiger partial charge in [0.2, 0.25) is 0 Å². The molecule has 0 aliphatic heterocycles. The van der Waals surface area contributed by atoms with E-state index < -0.39 is 12.5 Å². The fourth-order valence-corrected chi connectivity index (χ4v) is 2.72. The molecule has 86 valence electrons. The van der Waals surface area contributed by atoms with Gasteiger partial charge >= 0.3 is 0 Å². The van der Waals surface area contributed by atoms with E-state index in [-0.39, 0.29) is 0 Å². The van der Waals surface area contributed by atoms with Gasteiger partial charge in [0.25, 0.3) is 6.43 Å². The summed E-state index contributed by atoms with van der Waals surface area (Å²) in [6, 6.07) is 7.14. The number of rotatable bonds is 4. The number of benzene rings is 1. The molecule has 1 heterocycles. The van der Waals surface area contributed by atoms with Gasteiger partial charge < -0.3 is 5.32 Å². The fraction of sp³-hybridized carbons (Fsp3) is 0.333. The van der Waals surface area contributed by atoms with Crippen molar-refractivity contribution in [3.63, 3.8) is 0 Å². The summed E-state index contributed by atoms with van der Waals surface area (Å²) < 4.78 is 26.4. The first-order chi connectivity index (χ1) is 7.72. The zero-order valence-corrected chi connectivity index (χ0v) is 9.73. The molecule has 0 radical (unpaired) electrons. The maximum Gasteiger partial charge on any atom is 0.254 e. The van der Waals surface area contributed by atoms with E-state index in [2.05, 4.69) is 5.32 Å². The minimum absolute atomic E-state index is 0.373. The molecule has 0 fully saturated rings. The van der Waals surface area contributed by atoms with Gasteiger partial charge in [-0.15, -0.1) is 11.3 Å². The molecule has 0 spiro atoms. The number of fused-ring (bicyclic) bond motifs is 1. The highest BCUT2D eigenvalue weighted by atomic mass is 32.1. The minimum Gasteiger partial charge on any atom is -0.312 e. The van der Waals surface area contributed by atoms with Crippen molar-refractivity contribution in [2.75, 3.05) is 7.05 Å². The first-order valence-electron chi connectivity index (χ1n) is 5.13. The third-order valence-electron chi connectivity index (χ3n) is 2.68. The molecule has 1 aromatic carbocycles. The molecule has 0 aliphatic rings. The lowest BCUT2D eigenvalue weighted by Crippen LogP contribution is -2.34. The smallest absolute Gasteiger partial charge is 0.254 e. The van der Waals surface area contributed by atoms with E-state index >= 15 is 0 Å². The predicted molar refractivity (Wildman–Crippen MR) is 64.4 cm³/mol. The van der Waals surface area contributed by atoms with Gasteiger partial charge in [-0.2, -0.15) is 0 Å². The molecule has 16 heavy (non-hydrogen) atoms. The largest absolute Gasteiger partial charge is 0.312 e. The Morgan fingerprint density at radius 3 is 2.75 bits per heavy atom. The van der Waals surface area contributed by atoms with Crippen LogP contribution < -0.4 is 5.32 Å². The summed E-state index contributed by atoms with van der Waals surface area (Å²) >= 11 is 1.61. The third kappa shape index (κ3) is 2.23. The van der Waals surface area contributed by atoms with Gasteiger partial charge in [-0.1, -0.05) is 18.2 Å². The second-order valence-electron chi connectivity index (χ2n) is 3.69. The van der Waals surface area contributed by atoms with Crippen LogP contribution in [-0.4, -0.2) is 19.5 Å². The number of hydrogen-bond donors (Lipinski definition) is 1. The minimum atomic E-state index is -2.33. The summed E-state index contributed by atoms with van der Waals surface area (Å²) in [7, 11) is 1.57. The number of alkyl halides is 2. The standard InChI is InChI=1S/C12H13F2NS/c1-15-10(12(13)14)6-8-7-16-11-5-3-2-4-9(8)11/h2-5,7,10,12,15H,6H2,1H3. The number of halogens is 2. The van der Waals surface area contributed by atoms with Crippen molar-refractivity contribution in [2.45, 2.75) is 18.9 Å². The number of thiophene rings is 1. The predicted octanol–water partition coefficient (Wildman–Crippen LogP) is 3.30. The van der Waals surface area contributed by atoms with Gasteiger partial charge in [-0.25, -0.2) is 8.78 Å². The first kappa shape index (κ1) is 11.5. The molecule has 0 aliphatic carbocycles. The van der Waals surface area contributed by atoms with Crippen molar-refractivity contribution in [2.24, 2.45) is 0 Å². The van der Waals surface area contributed by atoms with E-state index in [4.69, 9.17) is 0 Å². The summed E-state index contributed by atoms with van der Waals surface area (Å²) in [5.41, 5.74) is 1.00. The van der Waals surface area contributed by atoms with Gasteiger partial charge in [-0.3, -0.25) is 0 Å². The van der Waals surface area contributed by atoms with Gasteiger partial charge in [0.05, 0.1) is 6.04 Å². The molecule has 1 atom stereocenters. The van der Waals surface area contributed by atoms with Crippen molar-refractivity contribution >= 4 is 21.4 Å². The SMILES string of the molecule is CNC(Cc1csc2ccccc12)C(F)F. The Hall–Kier alpha value is -1.00. The molecule has 2 rings (SSSR count). The maximum absolute atomic E-state index is 12.6. The van der Waals surface area contributed by atoms with Crippen LogP contribution in [0.15, 0.2) is 29.6 Å². The summed E-state index contributed by atoms with van der Waals surface area (Å²) in [5, 5.41) is 5.72. The summed E-state index contributed by atoms with van der Waals surface area (Å²) in [6.45, 7) is 0. The normalized spacial score (nSPS) is 13.5. The summed E-state index contributed by atoms with van der Waals surface area (Å²) in [6.07, 6.45) is -1.96. The van der Waals surface area contributed by atoms with Crippen LogP contribution in [0.5, 0.6) is 0 Å². The van der Waals surface area contributed by atoms with Gasteiger partial charge in [-0.05, 0) is 35.9 Å². The Morgan fingerprint density at radius 1 is 1.31 bits per heavy atom. The summed E-state index contributed by atoms with van der Waals surface area (Å²) in [4.78, 5) is 0. The molecule has 0 saturated carbocycles. The van der Waals surface area contributed by atoms with Gasteiger partial charge in [0.15, 0.2) is 0 Å². The van der Waals surface area contributed by atoms with Crippen LogP contribution in [0.2, 0.25) is 0 Å². The van der Waals surface area contributed by atoms with E-state index in [0.717, 1.165) is 15.6 Å². The highest BCUT2D eigenvalue weighted by Gasteiger charge is 2.19. The van der Waals surface area contributed by atoms with Crippen LogP contribution >= 0.6 is 11.3 Å². The fourth-order valence-electron chi connectivity index (χ4n) is 1.74. The van der Waals surface area contributed by atoms with Crippen molar-refractivity contribution in [1.29, 1.82) is 0 Å². The zero-order valence-electron chi connectivity index (χ0n) is 8.91. The highest BCUT2D eigenvalue weighted by molar-refractivity contribution is 7.17.